The third-order valence-corrected chi connectivity index (χ3v) is 3.91. The number of benzene rings is 2. The molecular weight excluding hydrogens is 363 g/mol. The van der Waals surface area contributed by atoms with Gasteiger partial charge in [-0.15, -0.1) is 0 Å². The maximum Gasteiger partial charge on any atom is 0.282 e. The first kappa shape index (κ1) is 17.6. The average Bonchev–Trinajstić information content (AvgIpc) is 3.19. The highest BCUT2D eigenvalue weighted by atomic mass is 19.1. The molecule has 140 valence electrons. The number of halogens is 1. The predicted molar refractivity (Wildman–Crippen MR) is 99.7 cm³/mol. The summed E-state index contributed by atoms with van der Waals surface area (Å²) in [6.07, 6.45) is 1.45. The van der Waals surface area contributed by atoms with Gasteiger partial charge in [0.25, 0.3) is 5.89 Å². The Kier molecular flexibility index (Phi) is 4.67. The Morgan fingerprint density at radius 2 is 2.00 bits per heavy atom. The van der Waals surface area contributed by atoms with Crippen LogP contribution in [0.5, 0.6) is 5.75 Å². The molecule has 0 N–H and O–H groups in total. The van der Waals surface area contributed by atoms with E-state index in [2.05, 4.69) is 15.2 Å². The van der Waals surface area contributed by atoms with Crippen LogP contribution in [0, 0.1) is 5.82 Å². The molecule has 28 heavy (non-hydrogen) atoms. The van der Waals surface area contributed by atoms with Crippen LogP contribution in [0.2, 0.25) is 0 Å². The lowest BCUT2D eigenvalue weighted by Gasteiger charge is -2.05. The summed E-state index contributed by atoms with van der Waals surface area (Å²) < 4.78 is 25.6. The van der Waals surface area contributed by atoms with Crippen molar-refractivity contribution in [2.45, 2.75) is 6.92 Å². The van der Waals surface area contributed by atoms with Crippen LogP contribution in [0.15, 0.2) is 70.1 Å². The smallest absolute Gasteiger partial charge is 0.282 e. The maximum atomic E-state index is 13.5. The van der Waals surface area contributed by atoms with Crippen molar-refractivity contribution >= 4 is 0 Å². The number of hydrogen-bond donors (Lipinski definition) is 0. The minimum Gasteiger partial charge on any atom is -0.494 e. The predicted octanol–water partition coefficient (Wildman–Crippen LogP) is 3.49. The monoisotopic (exact) mass is 378 g/mol. The molecule has 7 nitrogen and oxygen atoms in total. The standard InChI is InChI=1S/C20H15FN4O3/c1-2-27-16-8-3-5-13(11-16)19-22-20(28-24-19)18-17(26)9-10-25(23-18)15-7-4-6-14(21)12-15/h3-12H,2H2,1H3. The third-order valence-electron chi connectivity index (χ3n) is 3.91. The van der Waals surface area contributed by atoms with Crippen LogP contribution >= 0.6 is 0 Å². The van der Waals surface area contributed by atoms with E-state index in [1.54, 1.807) is 24.3 Å². The van der Waals surface area contributed by atoms with E-state index in [4.69, 9.17) is 9.26 Å². The number of aromatic nitrogens is 4. The lowest BCUT2D eigenvalue weighted by molar-refractivity contribution is 0.340. The molecule has 0 unspecified atom stereocenters. The molecule has 2 aromatic heterocycles. The summed E-state index contributed by atoms with van der Waals surface area (Å²) in [5.74, 6) is 0.554. The lowest BCUT2D eigenvalue weighted by Crippen LogP contribution is -2.12. The normalized spacial score (nSPS) is 10.8. The van der Waals surface area contributed by atoms with Crippen LogP contribution in [0.1, 0.15) is 6.92 Å². The zero-order valence-corrected chi connectivity index (χ0v) is 14.9. The Bertz CT molecular complexity index is 1190. The maximum absolute atomic E-state index is 13.5. The molecule has 0 aliphatic carbocycles. The van der Waals surface area contributed by atoms with Crippen LogP contribution in [0.4, 0.5) is 4.39 Å². The first-order valence-corrected chi connectivity index (χ1v) is 8.57. The Balaban J connectivity index is 1.72. The second-order valence-corrected chi connectivity index (χ2v) is 5.84. The molecule has 0 aliphatic heterocycles. The summed E-state index contributed by atoms with van der Waals surface area (Å²) in [5, 5.41) is 8.16. The summed E-state index contributed by atoms with van der Waals surface area (Å²) in [6, 6.07) is 14.4. The van der Waals surface area contributed by atoms with Crippen LogP contribution in [-0.2, 0) is 0 Å². The molecule has 0 spiro atoms. The molecule has 0 saturated carbocycles. The molecule has 0 bridgehead atoms. The zero-order chi connectivity index (χ0) is 19.5. The summed E-state index contributed by atoms with van der Waals surface area (Å²) in [4.78, 5) is 16.5. The van der Waals surface area contributed by atoms with E-state index < -0.39 is 5.82 Å². The average molecular weight is 378 g/mol. The first-order valence-electron chi connectivity index (χ1n) is 8.57. The molecule has 4 aromatic rings. The highest BCUT2D eigenvalue weighted by Crippen LogP contribution is 2.23. The molecule has 0 atom stereocenters. The van der Waals surface area contributed by atoms with Crippen molar-refractivity contribution < 1.29 is 13.7 Å². The van der Waals surface area contributed by atoms with E-state index in [-0.39, 0.29) is 17.0 Å². The summed E-state index contributed by atoms with van der Waals surface area (Å²) in [6.45, 7) is 2.43. The molecule has 2 heterocycles. The van der Waals surface area contributed by atoms with Gasteiger partial charge in [0.2, 0.25) is 11.3 Å². The van der Waals surface area contributed by atoms with Crippen LogP contribution < -0.4 is 10.2 Å². The fraction of sp³-hybridized carbons (Fsp3) is 0.100. The molecular formula is C20H15FN4O3. The van der Waals surface area contributed by atoms with Gasteiger partial charge in [0.15, 0.2) is 5.69 Å². The van der Waals surface area contributed by atoms with E-state index in [1.165, 1.54) is 29.1 Å². The van der Waals surface area contributed by atoms with Crippen LogP contribution in [-0.4, -0.2) is 26.5 Å². The number of rotatable bonds is 5. The molecule has 0 radical (unpaired) electrons. The fourth-order valence-electron chi connectivity index (χ4n) is 2.65. The van der Waals surface area contributed by atoms with Crippen molar-refractivity contribution in [2.75, 3.05) is 6.61 Å². The number of ether oxygens (including phenoxy) is 1. The van der Waals surface area contributed by atoms with Gasteiger partial charge in [-0.3, -0.25) is 4.79 Å². The number of hydrogen-bond acceptors (Lipinski definition) is 6. The van der Waals surface area contributed by atoms with Crippen molar-refractivity contribution in [1.29, 1.82) is 0 Å². The van der Waals surface area contributed by atoms with E-state index in [1.807, 2.05) is 19.1 Å². The van der Waals surface area contributed by atoms with Crippen LogP contribution in [0.25, 0.3) is 28.7 Å². The van der Waals surface area contributed by atoms with Gasteiger partial charge in [0.1, 0.15) is 11.6 Å². The quantitative estimate of drug-likeness (QED) is 0.529. The molecule has 0 saturated heterocycles. The van der Waals surface area contributed by atoms with Gasteiger partial charge in [0.05, 0.1) is 12.3 Å². The van der Waals surface area contributed by atoms with Gasteiger partial charge in [-0.25, -0.2) is 9.07 Å². The van der Waals surface area contributed by atoms with E-state index in [0.717, 1.165) is 0 Å². The minimum atomic E-state index is -0.409. The van der Waals surface area contributed by atoms with E-state index in [0.29, 0.717) is 29.4 Å². The summed E-state index contributed by atoms with van der Waals surface area (Å²) in [5.41, 5.74) is 0.741. The Hall–Kier alpha value is -3.81. The van der Waals surface area contributed by atoms with E-state index >= 15 is 0 Å². The Morgan fingerprint density at radius 3 is 2.82 bits per heavy atom. The summed E-state index contributed by atoms with van der Waals surface area (Å²) >= 11 is 0. The molecule has 0 aliphatic rings. The topological polar surface area (TPSA) is 83.0 Å². The Morgan fingerprint density at radius 1 is 1.14 bits per heavy atom. The fourth-order valence-corrected chi connectivity index (χ4v) is 2.65. The molecule has 4 rings (SSSR count). The third kappa shape index (κ3) is 3.52. The van der Waals surface area contributed by atoms with Crippen molar-refractivity contribution in [3.05, 3.63) is 76.8 Å². The van der Waals surface area contributed by atoms with Gasteiger partial charge in [-0.2, -0.15) is 10.1 Å². The molecule has 8 heteroatoms. The van der Waals surface area contributed by atoms with Crippen LogP contribution in [0.3, 0.4) is 0 Å². The van der Waals surface area contributed by atoms with Gasteiger partial charge in [-0.1, -0.05) is 23.4 Å². The second-order valence-electron chi connectivity index (χ2n) is 5.84. The number of nitrogens with zero attached hydrogens (tertiary/aromatic N) is 4. The molecule has 0 amide bonds. The van der Waals surface area contributed by atoms with Gasteiger partial charge in [0, 0.05) is 17.8 Å². The van der Waals surface area contributed by atoms with Gasteiger partial charge < -0.3 is 9.26 Å². The van der Waals surface area contributed by atoms with Gasteiger partial charge in [-0.05, 0) is 37.3 Å². The highest BCUT2D eigenvalue weighted by molar-refractivity contribution is 5.59. The van der Waals surface area contributed by atoms with Crippen molar-refractivity contribution in [3.8, 4) is 34.4 Å². The Labute approximate surface area is 159 Å². The first-order chi connectivity index (χ1) is 13.6. The molecule has 2 aromatic carbocycles. The van der Waals surface area contributed by atoms with Crippen molar-refractivity contribution in [1.82, 2.24) is 19.9 Å². The summed E-state index contributed by atoms with van der Waals surface area (Å²) in [7, 11) is 0. The highest BCUT2D eigenvalue weighted by Gasteiger charge is 2.16. The SMILES string of the molecule is CCOc1cccc(-c2noc(-c3nn(-c4cccc(F)c4)ccc3=O)n2)c1. The van der Waals surface area contributed by atoms with Crippen molar-refractivity contribution in [2.24, 2.45) is 0 Å². The molecule has 0 fully saturated rings. The lowest BCUT2D eigenvalue weighted by atomic mass is 10.2. The largest absolute Gasteiger partial charge is 0.494 e. The van der Waals surface area contributed by atoms with Crippen molar-refractivity contribution in [3.63, 3.8) is 0 Å². The van der Waals surface area contributed by atoms with E-state index in [9.17, 15) is 9.18 Å². The van der Waals surface area contributed by atoms with Gasteiger partial charge >= 0.3 is 0 Å². The minimum absolute atomic E-state index is 0.0208. The second kappa shape index (κ2) is 7.43. The zero-order valence-electron chi connectivity index (χ0n) is 14.9.